The molecule has 3 aliphatic rings. The minimum absolute atomic E-state index is 0.189. The first-order valence-electron chi connectivity index (χ1n) is 15.9. The molecule has 3 heterocycles. The van der Waals surface area contributed by atoms with Gasteiger partial charge in [0.15, 0.2) is 0 Å². The summed E-state index contributed by atoms with van der Waals surface area (Å²) in [7, 11) is 0. The van der Waals surface area contributed by atoms with Crippen LogP contribution in [0.25, 0.3) is 10.9 Å². The van der Waals surface area contributed by atoms with Crippen LogP contribution in [0, 0.1) is 11.3 Å². The van der Waals surface area contributed by atoms with Gasteiger partial charge in [-0.3, -0.25) is 14.7 Å². The first-order valence-corrected chi connectivity index (χ1v) is 16.3. The van der Waals surface area contributed by atoms with Crippen molar-refractivity contribution in [1.29, 1.82) is 0 Å². The van der Waals surface area contributed by atoms with Crippen molar-refractivity contribution in [2.45, 2.75) is 71.4 Å². The average molecular weight is 619 g/mol. The second-order valence-electron chi connectivity index (χ2n) is 13.7. The first kappa shape index (κ1) is 30.8. The number of nitrogens with one attached hydrogen (secondary N) is 1. The summed E-state index contributed by atoms with van der Waals surface area (Å²) < 4.78 is 5.09. The van der Waals surface area contributed by atoms with E-state index in [4.69, 9.17) is 21.3 Å². The maximum Gasteiger partial charge on any atom is 0.414 e. The number of aliphatic hydroxyl groups is 1. The number of nitrogens with zero attached hydrogens (tertiary/aromatic N) is 3. The molecule has 8 nitrogen and oxygen atoms in total. The maximum atomic E-state index is 13.8. The van der Waals surface area contributed by atoms with Gasteiger partial charge in [-0.1, -0.05) is 44.5 Å². The molecule has 9 heteroatoms. The van der Waals surface area contributed by atoms with Crippen LogP contribution in [0.5, 0.6) is 0 Å². The molecule has 2 aromatic carbocycles. The van der Waals surface area contributed by atoms with Gasteiger partial charge in [0, 0.05) is 42.0 Å². The zero-order valence-electron chi connectivity index (χ0n) is 25.9. The van der Waals surface area contributed by atoms with Gasteiger partial charge in [0.1, 0.15) is 6.61 Å². The SMILES string of the molecule is CC(C)(C)C1CCc2nc3c(Cl)cc(C(=O)N[C@H](CCN4CCC(O)CC4)c4ccc(N5CCOC5=O)cc4)cc3cc2C1. The number of carbonyl (C=O) groups is 2. The van der Waals surface area contributed by atoms with Gasteiger partial charge in [0.05, 0.1) is 29.2 Å². The molecule has 2 saturated heterocycles. The quantitative estimate of drug-likeness (QED) is 0.322. The predicted molar refractivity (Wildman–Crippen MR) is 173 cm³/mol. The number of fused-ring (bicyclic) bond motifs is 2. The van der Waals surface area contributed by atoms with E-state index in [0.717, 1.165) is 79.6 Å². The minimum atomic E-state index is -0.340. The third kappa shape index (κ3) is 6.72. The van der Waals surface area contributed by atoms with Gasteiger partial charge in [-0.25, -0.2) is 4.79 Å². The number of carbonyl (C=O) groups excluding carboxylic acids is 2. The topological polar surface area (TPSA) is 95.0 Å². The van der Waals surface area contributed by atoms with Gasteiger partial charge < -0.3 is 20.1 Å². The summed E-state index contributed by atoms with van der Waals surface area (Å²) in [5.74, 6) is 0.396. The van der Waals surface area contributed by atoms with E-state index >= 15 is 0 Å². The predicted octanol–water partition coefficient (Wildman–Crippen LogP) is 6.31. The Bertz CT molecular complexity index is 1530. The van der Waals surface area contributed by atoms with E-state index in [-0.39, 0.29) is 29.6 Å². The van der Waals surface area contributed by atoms with Gasteiger partial charge in [0.25, 0.3) is 5.91 Å². The number of cyclic esters (lactones) is 1. The van der Waals surface area contributed by atoms with Gasteiger partial charge >= 0.3 is 6.09 Å². The van der Waals surface area contributed by atoms with Crippen molar-refractivity contribution in [2.24, 2.45) is 11.3 Å². The van der Waals surface area contributed by atoms with E-state index < -0.39 is 0 Å². The molecule has 0 spiro atoms. The lowest BCUT2D eigenvalue weighted by molar-refractivity contribution is 0.0795. The van der Waals surface area contributed by atoms with Gasteiger partial charge in [-0.15, -0.1) is 0 Å². The average Bonchev–Trinajstić information content (AvgIpc) is 3.44. The molecule has 44 heavy (non-hydrogen) atoms. The number of hydrogen-bond donors (Lipinski definition) is 2. The molecule has 1 aromatic heterocycles. The highest BCUT2D eigenvalue weighted by molar-refractivity contribution is 6.35. The number of amides is 2. The largest absolute Gasteiger partial charge is 0.447 e. The molecular weight excluding hydrogens is 576 g/mol. The summed E-state index contributed by atoms with van der Waals surface area (Å²) in [5.41, 5.74) is 5.59. The molecule has 0 radical (unpaired) electrons. The lowest BCUT2D eigenvalue weighted by atomic mass is 9.71. The molecule has 0 saturated carbocycles. The highest BCUT2D eigenvalue weighted by Gasteiger charge is 2.30. The number of aliphatic hydroxyl groups excluding tert-OH is 1. The molecular formula is C35H43ClN4O4. The second-order valence-corrected chi connectivity index (χ2v) is 14.1. The Hall–Kier alpha value is -3.20. The van der Waals surface area contributed by atoms with Crippen molar-refractivity contribution >= 4 is 40.2 Å². The highest BCUT2D eigenvalue weighted by atomic mass is 35.5. The Kier molecular flexibility index (Phi) is 8.86. The molecule has 2 amide bonds. The Morgan fingerprint density at radius 1 is 1.11 bits per heavy atom. The summed E-state index contributed by atoms with van der Waals surface area (Å²) in [6.45, 7) is 10.3. The Morgan fingerprint density at radius 3 is 2.55 bits per heavy atom. The van der Waals surface area contributed by atoms with Crippen LogP contribution in [0.2, 0.25) is 5.02 Å². The van der Waals surface area contributed by atoms with Crippen LogP contribution < -0.4 is 10.2 Å². The summed E-state index contributed by atoms with van der Waals surface area (Å²) in [6, 6.07) is 13.3. The van der Waals surface area contributed by atoms with E-state index in [1.165, 1.54) is 5.56 Å². The molecule has 0 bridgehead atoms. The Morgan fingerprint density at radius 2 is 1.86 bits per heavy atom. The third-order valence-electron chi connectivity index (χ3n) is 9.69. The lowest BCUT2D eigenvalue weighted by Crippen LogP contribution is -2.38. The van der Waals surface area contributed by atoms with Gasteiger partial charge in [0.2, 0.25) is 0 Å². The Labute approximate surface area is 264 Å². The number of piperidine rings is 1. The first-order chi connectivity index (χ1) is 21.0. The van der Waals surface area contributed by atoms with Crippen LogP contribution >= 0.6 is 11.6 Å². The van der Waals surface area contributed by atoms with Crippen LogP contribution in [-0.4, -0.2) is 65.9 Å². The number of aryl methyl sites for hydroxylation is 1. The smallest absolute Gasteiger partial charge is 0.414 e. The molecule has 2 aliphatic heterocycles. The summed E-state index contributed by atoms with van der Waals surface area (Å²) in [6.07, 6.45) is 4.71. The van der Waals surface area contributed by atoms with Gasteiger partial charge in [-0.05, 0) is 91.3 Å². The van der Waals surface area contributed by atoms with E-state index in [1.54, 1.807) is 11.0 Å². The molecule has 1 aliphatic carbocycles. The van der Waals surface area contributed by atoms with E-state index in [1.807, 2.05) is 30.3 Å². The zero-order valence-corrected chi connectivity index (χ0v) is 26.7. The van der Waals surface area contributed by atoms with Gasteiger partial charge in [-0.2, -0.15) is 0 Å². The van der Waals surface area contributed by atoms with Crippen LogP contribution in [-0.2, 0) is 17.6 Å². The number of rotatable bonds is 7. The van der Waals surface area contributed by atoms with E-state index in [9.17, 15) is 14.7 Å². The number of likely N-dealkylation sites (tertiary alicyclic amines) is 1. The molecule has 6 rings (SSSR count). The van der Waals surface area contributed by atoms with Crippen LogP contribution in [0.4, 0.5) is 10.5 Å². The monoisotopic (exact) mass is 618 g/mol. The maximum absolute atomic E-state index is 13.8. The van der Waals surface area contributed by atoms with Crippen molar-refractivity contribution in [3.63, 3.8) is 0 Å². The van der Waals surface area contributed by atoms with Crippen molar-refractivity contribution < 1.29 is 19.4 Å². The fraction of sp³-hybridized carbons (Fsp3) is 0.514. The van der Waals surface area contributed by atoms with E-state index in [0.29, 0.717) is 36.1 Å². The standard InChI is InChI=1S/C35H43ClN4O4/c1-35(2,3)26-6-9-30-23(20-26)18-24-19-25(21-29(36)32(24)37-30)33(42)38-31(12-15-39-13-10-28(41)11-14-39)22-4-7-27(8-5-22)40-16-17-44-34(40)43/h4-5,7-8,18-19,21,26,28,31,41H,6,9-17,20H2,1-3H3,(H,38,42)/t26?,31-/m1/s1. The minimum Gasteiger partial charge on any atom is -0.447 e. The number of aromatic nitrogens is 1. The number of anilines is 1. The molecule has 1 unspecified atom stereocenters. The fourth-order valence-corrected chi connectivity index (χ4v) is 7.07. The molecule has 3 aromatic rings. The molecule has 2 N–H and O–H groups in total. The van der Waals surface area contributed by atoms with E-state index in [2.05, 4.69) is 37.1 Å². The fourth-order valence-electron chi connectivity index (χ4n) is 6.80. The Balaban J connectivity index is 1.24. The number of halogens is 1. The normalized spacial score (nSPS) is 20.4. The van der Waals surface area contributed by atoms with Crippen LogP contribution in [0.1, 0.15) is 79.7 Å². The highest BCUT2D eigenvalue weighted by Crippen LogP contribution is 2.38. The molecule has 234 valence electrons. The summed E-state index contributed by atoms with van der Waals surface area (Å²) >= 11 is 6.76. The zero-order chi connectivity index (χ0) is 31.0. The van der Waals surface area contributed by atoms with Crippen molar-refractivity contribution in [2.75, 3.05) is 37.7 Å². The molecule has 2 fully saturated rings. The van der Waals surface area contributed by atoms with Crippen molar-refractivity contribution in [1.82, 2.24) is 15.2 Å². The second kappa shape index (κ2) is 12.7. The number of pyridine rings is 1. The lowest BCUT2D eigenvalue weighted by Gasteiger charge is -2.34. The molecule has 2 atom stereocenters. The van der Waals surface area contributed by atoms with Crippen molar-refractivity contribution in [3.8, 4) is 0 Å². The number of hydrogen-bond acceptors (Lipinski definition) is 6. The third-order valence-corrected chi connectivity index (χ3v) is 9.98. The summed E-state index contributed by atoms with van der Waals surface area (Å²) in [5, 5.41) is 14.6. The van der Waals surface area contributed by atoms with Crippen molar-refractivity contribution in [3.05, 3.63) is 69.9 Å². The summed E-state index contributed by atoms with van der Waals surface area (Å²) in [4.78, 5) is 34.8. The number of ether oxygens (including phenoxy) is 1. The van der Waals surface area contributed by atoms with Crippen LogP contribution in [0.15, 0.2) is 42.5 Å². The number of benzene rings is 2. The van der Waals surface area contributed by atoms with Crippen LogP contribution in [0.3, 0.4) is 0 Å².